The molecule has 0 aliphatic carbocycles. The average Bonchev–Trinajstić information content (AvgIpc) is 2.54. The van der Waals surface area contributed by atoms with Crippen molar-refractivity contribution in [3.05, 3.63) is 0 Å². The molecule has 2 unspecified atom stereocenters. The van der Waals surface area contributed by atoms with E-state index in [9.17, 15) is 19.6 Å². The third kappa shape index (κ3) is 6.84. The number of carbonyl (C=O) groups is 3. The van der Waals surface area contributed by atoms with Crippen molar-refractivity contribution in [3.63, 3.8) is 0 Å². The molecule has 8 nitrogen and oxygen atoms in total. The van der Waals surface area contributed by atoms with Crippen LogP contribution in [0.25, 0.3) is 0 Å². The van der Waals surface area contributed by atoms with Crippen molar-refractivity contribution in [2.75, 3.05) is 27.7 Å². The molecule has 0 saturated carbocycles. The maximum absolute atomic E-state index is 12.6. The van der Waals surface area contributed by atoms with Gasteiger partial charge in [-0.25, -0.2) is 5.06 Å². The van der Waals surface area contributed by atoms with E-state index in [-0.39, 0.29) is 18.9 Å². The average molecular weight is 345 g/mol. The van der Waals surface area contributed by atoms with Gasteiger partial charge in [0.25, 0.3) is 0 Å². The normalized spacial score (nSPS) is 13.8. The summed E-state index contributed by atoms with van der Waals surface area (Å²) in [6.07, 6.45) is 2.40. The van der Waals surface area contributed by atoms with E-state index in [0.717, 1.165) is 12.8 Å². The number of rotatable bonds is 11. The maximum atomic E-state index is 12.6. The molecule has 0 aromatic rings. The lowest BCUT2D eigenvalue weighted by Gasteiger charge is -2.35. The second-order valence-corrected chi connectivity index (χ2v) is 6.55. The molecular formula is C16H31N3O5. The minimum atomic E-state index is -0.907. The van der Waals surface area contributed by atoms with Crippen LogP contribution >= 0.6 is 0 Å². The van der Waals surface area contributed by atoms with Crippen LogP contribution in [-0.4, -0.2) is 72.8 Å². The topological polar surface area (TPSA) is 99.2 Å². The van der Waals surface area contributed by atoms with Gasteiger partial charge in [0.15, 0.2) is 0 Å². The molecule has 2 N–H and O–H groups in total. The number of methoxy groups -OCH3 is 1. The highest BCUT2D eigenvalue weighted by Crippen LogP contribution is 2.18. The highest BCUT2D eigenvalue weighted by atomic mass is 16.5. The van der Waals surface area contributed by atoms with E-state index >= 15 is 0 Å². The van der Waals surface area contributed by atoms with Crippen molar-refractivity contribution >= 4 is 18.2 Å². The molecule has 0 aliphatic rings. The van der Waals surface area contributed by atoms with Crippen LogP contribution in [0.5, 0.6) is 0 Å². The molecule has 8 heteroatoms. The molecular weight excluding hydrogens is 314 g/mol. The van der Waals surface area contributed by atoms with Crippen molar-refractivity contribution in [2.45, 2.75) is 51.7 Å². The SMILES string of the molecule is CCCCC(CN(O)C=O)C(=O)NC(C(=O)N(C)C)C(C)(C)OC. The van der Waals surface area contributed by atoms with Gasteiger partial charge in [-0.15, -0.1) is 0 Å². The smallest absolute Gasteiger partial charge is 0.247 e. The molecule has 0 fully saturated rings. The van der Waals surface area contributed by atoms with Crippen LogP contribution in [0, 0.1) is 5.92 Å². The first-order valence-corrected chi connectivity index (χ1v) is 8.08. The lowest BCUT2D eigenvalue weighted by atomic mass is 9.94. The number of amides is 3. The number of nitrogens with one attached hydrogen (secondary N) is 1. The Bertz CT molecular complexity index is 426. The first kappa shape index (κ1) is 22.3. The highest BCUT2D eigenvalue weighted by molar-refractivity contribution is 5.89. The van der Waals surface area contributed by atoms with Crippen LogP contribution in [0.3, 0.4) is 0 Å². The Labute approximate surface area is 144 Å². The molecule has 24 heavy (non-hydrogen) atoms. The highest BCUT2D eigenvalue weighted by Gasteiger charge is 2.38. The number of hydroxylamine groups is 2. The molecule has 0 aromatic carbocycles. The fourth-order valence-corrected chi connectivity index (χ4v) is 2.19. The number of hydrogen-bond acceptors (Lipinski definition) is 5. The van der Waals surface area contributed by atoms with Crippen molar-refractivity contribution < 1.29 is 24.3 Å². The summed E-state index contributed by atoms with van der Waals surface area (Å²) in [7, 11) is 4.67. The van der Waals surface area contributed by atoms with E-state index in [4.69, 9.17) is 4.74 Å². The second kappa shape index (κ2) is 10.2. The fourth-order valence-electron chi connectivity index (χ4n) is 2.19. The van der Waals surface area contributed by atoms with Gasteiger partial charge in [-0.3, -0.25) is 19.6 Å². The summed E-state index contributed by atoms with van der Waals surface area (Å²) in [5, 5.41) is 12.6. The van der Waals surface area contributed by atoms with E-state index < -0.39 is 23.5 Å². The quantitative estimate of drug-likeness (QED) is 0.325. The molecule has 0 heterocycles. The summed E-state index contributed by atoms with van der Waals surface area (Å²) in [6.45, 7) is 5.29. The van der Waals surface area contributed by atoms with Crippen LogP contribution in [0.2, 0.25) is 0 Å². The molecule has 0 aliphatic heterocycles. The Kier molecular flexibility index (Phi) is 9.53. The summed E-state index contributed by atoms with van der Waals surface area (Å²) in [5.74, 6) is -1.29. The van der Waals surface area contributed by atoms with E-state index in [2.05, 4.69) is 5.32 Å². The van der Waals surface area contributed by atoms with Gasteiger partial charge < -0.3 is 15.0 Å². The largest absolute Gasteiger partial charge is 0.376 e. The lowest BCUT2D eigenvalue weighted by molar-refractivity contribution is -0.156. The van der Waals surface area contributed by atoms with Crippen molar-refractivity contribution in [2.24, 2.45) is 5.92 Å². The molecule has 0 aromatic heterocycles. The van der Waals surface area contributed by atoms with Gasteiger partial charge in [0, 0.05) is 21.2 Å². The van der Waals surface area contributed by atoms with E-state index in [1.54, 1.807) is 27.9 Å². The minimum Gasteiger partial charge on any atom is -0.376 e. The number of ether oxygens (including phenoxy) is 1. The third-order valence-electron chi connectivity index (χ3n) is 4.00. The Balaban J connectivity index is 5.28. The predicted octanol–water partition coefficient (Wildman–Crippen LogP) is 0.638. The summed E-state index contributed by atoms with van der Waals surface area (Å²) in [6, 6.07) is -0.877. The van der Waals surface area contributed by atoms with Gasteiger partial charge in [-0.05, 0) is 20.3 Å². The number of hydrogen-bond donors (Lipinski definition) is 2. The Morgan fingerprint density at radius 3 is 2.33 bits per heavy atom. The van der Waals surface area contributed by atoms with Gasteiger partial charge in [-0.2, -0.15) is 0 Å². The van der Waals surface area contributed by atoms with Gasteiger partial charge >= 0.3 is 0 Å². The van der Waals surface area contributed by atoms with Crippen LogP contribution < -0.4 is 5.32 Å². The summed E-state index contributed by atoms with van der Waals surface area (Å²) in [4.78, 5) is 37.0. The van der Waals surface area contributed by atoms with Gasteiger partial charge in [0.1, 0.15) is 6.04 Å². The standard InChI is InChI=1S/C16H31N3O5/c1-7-8-9-12(10-19(23)11-20)14(21)17-13(15(22)18(4)5)16(2,3)24-6/h11-13,23H,7-10H2,1-6H3,(H,17,21). The van der Waals surface area contributed by atoms with Crippen LogP contribution in [0.1, 0.15) is 40.0 Å². The number of nitrogens with zero attached hydrogens (tertiary/aromatic N) is 2. The molecule has 0 rings (SSSR count). The predicted molar refractivity (Wildman–Crippen MR) is 89.3 cm³/mol. The molecule has 2 atom stereocenters. The van der Waals surface area contributed by atoms with Crippen molar-refractivity contribution in [1.82, 2.24) is 15.3 Å². The zero-order valence-electron chi connectivity index (χ0n) is 15.5. The van der Waals surface area contributed by atoms with E-state index in [1.165, 1.54) is 12.0 Å². The van der Waals surface area contributed by atoms with Crippen molar-refractivity contribution in [3.8, 4) is 0 Å². The summed E-state index contributed by atoms with van der Waals surface area (Å²) < 4.78 is 5.36. The van der Waals surface area contributed by atoms with E-state index in [0.29, 0.717) is 11.5 Å². The molecule has 0 saturated heterocycles. The lowest BCUT2D eigenvalue weighted by Crippen LogP contribution is -2.59. The number of likely N-dealkylation sites (N-methyl/N-ethyl adjacent to an activating group) is 1. The summed E-state index contributed by atoms with van der Waals surface area (Å²) in [5.41, 5.74) is -0.907. The Morgan fingerprint density at radius 2 is 1.92 bits per heavy atom. The second-order valence-electron chi connectivity index (χ2n) is 6.55. The first-order valence-electron chi connectivity index (χ1n) is 8.08. The molecule has 0 spiro atoms. The third-order valence-corrected chi connectivity index (χ3v) is 4.00. The molecule has 3 amide bonds. The molecule has 0 radical (unpaired) electrons. The van der Waals surface area contributed by atoms with Crippen LogP contribution in [-0.2, 0) is 19.1 Å². The van der Waals surface area contributed by atoms with Crippen LogP contribution in [0.4, 0.5) is 0 Å². The maximum Gasteiger partial charge on any atom is 0.247 e. The Hall–Kier alpha value is -1.67. The van der Waals surface area contributed by atoms with Crippen molar-refractivity contribution in [1.29, 1.82) is 0 Å². The van der Waals surface area contributed by atoms with Gasteiger partial charge in [0.05, 0.1) is 18.1 Å². The Morgan fingerprint density at radius 1 is 1.33 bits per heavy atom. The zero-order chi connectivity index (χ0) is 18.9. The zero-order valence-corrected chi connectivity index (χ0v) is 15.5. The fraction of sp³-hybridized carbons (Fsp3) is 0.812. The van der Waals surface area contributed by atoms with E-state index in [1.807, 2.05) is 6.92 Å². The molecule has 0 bridgehead atoms. The number of carbonyl (C=O) groups excluding carboxylic acids is 3. The van der Waals surface area contributed by atoms with Gasteiger partial charge in [-0.1, -0.05) is 19.8 Å². The molecule has 140 valence electrons. The van der Waals surface area contributed by atoms with Gasteiger partial charge in [0.2, 0.25) is 18.2 Å². The first-order chi connectivity index (χ1) is 11.1. The minimum absolute atomic E-state index is 0.119. The number of unbranched alkanes of at least 4 members (excludes halogenated alkanes) is 1. The van der Waals surface area contributed by atoms with Crippen LogP contribution in [0.15, 0.2) is 0 Å². The monoisotopic (exact) mass is 345 g/mol. The summed E-state index contributed by atoms with van der Waals surface area (Å²) >= 11 is 0.